The lowest BCUT2D eigenvalue weighted by Gasteiger charge is -2.38. The summed E-state index contributed by atoms with van der Waals surface area (Å²) in [6.07, 6.45) is 7.06. The molecule has 0 N–H and O–H groups in total. The Morgan fingerprint density at radius 1 is 1.04 bits per heavy atom. The van der Waals surface area contributed by atoms with Crippen LogP contribution in [0.1, 0.15) is 25.6 Å². The van der Waals surface area contributed by atoms with E-state index in [-0.39, 0.29) is 5.92 Å². The van der Waals surface area contributed by atoms with Gasteiger partial charge in [-0.1, -0.05) is 6.92 Å². The van der Waals surface area contributed by atoms with Gasteiger partial charge in [0.05, 0.1) is 0 Å². The predicted octanol–water partition coefficient (Wildman–Crippen LogP) is 1.35. The Morgan fingerprint density at radius 2 is 1.75 bits per heavy atom. The maximum absolute atomic E-state index is 12.9. The SMILES string of the molecule is CCN1CCN(C(=O)C2CCN(c3cc(-n4ccnc4C)ncn3)CC2)CC1. The monoisotopic (exact) mass is 383 g/mol. The van der Waals surface area contributed by atoms with Crippen LogP contribution >= 0.6 is 0 Å². The summed E-state index contributed by atoms with van der Waals surface area (Å²) in [5.74, 6) is 3.12. The van der Waals surface area contributed by atoms with Crippen LogP contribution in [0.3, 0.4) is 0 Å². The molecule has 0 radical (unpaired) electrons. The first-order valence-corrected chi connectivity index (χ1v) is 10.2. The van der Waals surface area contributed by atoms with E-state index in [9.17, 15) is 4.79 Å². The summed E-state index contributed by atoms with van der Waals surface area (Å²) in [6, 6.07) is 2.00. The molecule has 4 heterocycles. The molecule has 150 valence electrons. The van der Waals surface area contributed by atoms with E-state index in [4.69, 9.17) is 0 Å². The molecule has 2 aromatic heterocycles. The summed E-state index contributed by atoms with van der Waals surface area (Å²) in [7, 11) is 0. The lowest BCUT2D eigenvalue weighted by molar-refractivity contribution is -0.137. The number of piperidine rings is 1. The van der Waals surface area contributed by atoms with Crippen molar-refractivity contribution in [1.82, 2.24) is 29.3 Å². The van der Waals surface area contributed by atoms with Crippen molar-refractivity contribution in [2.75, 3.05) is 50.7 Å². The van der Waals surface area contributed by atoms with Gasteiger partial charge in [-0.2, -0.15) is 0 Å². The maximum Gasteiger partial charge on any atom is 0.225 e. The Hall–Kier alpha value is -2.48. The molecule has 2 aromatic rings. The minimum absolute atomic E-state index is 0.140. The molecule has 0 aromatic carbocycles. The number of hydrogen-bond donors (Lipinski definition) is 0. The number of aromatic nitrogens is 4. The van der Waals surface area contributed by atoms with Crippen LogP contribution in [0.25, 0.3) is 5.82 Å². The van der Waals surface area contributed by atoms with Crippen molar-refractivity contribution in [2.45, 2.75) is 26.7 Å². The molecule has 0 unspecified atom stereocenters. The first kappa shape index (κ1) is 18.9. The fourth-order valence-corrected chi connectivity index (χ4v) is 4.16. The van der Waals surface area contributed by atoms with Crippen molar-refractivity contribution >= 4 is 11.7 Å². The highest BCUT2D eigenvalue weighted by Gasteiger charge is 2.30. The molecule has 2 fully saturated rings. The minimum Gasteiger partial charge on any atom is -0.356 e. The molecule has 28 heavy (non-hydrogen) atoms. The van der Waals surface area contributed by atoms with Crippen LogP contribution in [-0.2, 0) is 4.79 Å². The zero-order valence-electron chi connectivity index (χ0n) is 16.8. The molecule has 2 saturated heterocycles. The fraction of sp³-hybridized carbons (Fsp3) is 0.600. The number of aryl methyl sites for hydroxylation is 1. The van der Waals surface area contributed by atoms with Crippen LogP contribution in [0.15, 0.2) is 24.8 Å². The van der Waals surface area contributed by atoms with Crippen LogP contribution in [0, 0.1) is 12.8 Å². The molecule has 0 bridgehead atoms. The third kappa shape index (κ3) is 3.87. The van der Waals surface area contributed by atoms with Crippen LogP contribution < -0.4 is 4.90 Å². The van der Waals surface area contributed by atoms with E-state index < -0.39 is 0 Å². The second kappa shape index (κ2) is 8.26. The van der Waals surface area contributed by atoms with Crippen molar-refractivity contribution in [3.63, 3.8) is 0 Å². The predicted molar refractivity (Wildman–Crippen MR) is 108 cm³/mol. The molecule has 4 rings (SSSR count). The average molecular weight is 384 g/mol. The van der Waals surface area contributed by atoms with E-state index in [0.29, 0.717) is 5.91 Å². The van der Waals surface area contributed by atoms with Gasteiger partial charge in [0.1, 0.15) is 23.8 Å². The first-order chi connectivity index (χ1) is 13.7. The van der Waals surface area contributed by atoms with Gasteiger partial charge in [-0.3, -0.25) is 9.36 Å². The fourth-order valence-electron chi connectivity index (χ4n) is 4.16. The van der Waals surface area contributed by atoms with Crippen molar-refractivity contribution in [1.29, 1.82) is 0 Å². The van der Waals surface area contributed by atoms with Crippen LogP contribution in [0.4, 0.5) is 5.82 Å². The highest BCUT2D eigenvalue weighted by atomic mass is 16.2. The molecular weight excluding hydrogens is 354 g/mol. The van der Waals surface area contributed by atoms with E-state index in [2.05, 4.69) is 36.6 Å². The van der Waals surface area contributed by atoms with E-state index in [1.807, 2.05) is 23.8 Å². The lowest BCUT2D eigenvalue weighted by atomic mass is 9.95. The molecule has 1 amide bonds. The molecule has 0 aliphatic carbocycles. The number of rotatable bonds is 4. The number of carbonyl (C=O) groups is 1. The van der Waals surface area contributed by atoms with Gasteiger partial charge in [0, 0.05) is 63.6 Å². The molecule has 0 spiro atoms. The summed E-state index contributed by atoms with van der Waals surface area (Å²) >= 11 is 0. The van der Waals surface area contributed by atoms with E-state index in [0.717, 1.165) is 76.1 Å². The summed E-state index contributed by atoms with van der Waals surface area (Å²) in [6.45, 7) is 10.6. The molecule has 8 nitrogen and oxygen atoms in total. The maximum atomic E-state index is 12.9. The number of piperazine rings is 1. The number of carbonyl (C=O) groups excluding carboxylic acids is 1. The van der Waals surface area contributed by atoms with Gasteiger partial charge in [0.2, 0.25) is 5.91 Å². The number of imidazole rings is 1. The number of nitrogens with zero attached hydrogens (tertiary/aromatic N) is 7. The van der Waals surface area contributed by atoms with Crippen molar-refractivity contribution in [2.24, 2.45) is 5.92 Å². The second-order valence-electron chi connectivity index (χ2n) is 7.60. The molecule has 8 heteroatoms. The Kier molecular flexibility index (Phi) is 5.57. The summed E-state index contributed by atoms with van der Waals surface area (Å²) in [5, 5.41) is 0. The number of amides is 1. The molecule has 0 atom stereocenters. The number of likely N-dealkylation sites (N-methyl/N-ethyl adjacent to an activating group) is 1. The van der Waals surface area contributed by atoms with Crippen LogP contribution in [0.2, 0.25) is 0 Å². The minimum atomic E-state index is 0.140. The molecule has 2 aliphatic rings. The number of anilines is 1. The third-order valence-electron chi connectivity index (χ3n) is 6.01. The molecule has 0 saturated carbocycles. The number of hydrogen-bond acceptors (Lipinski definition) is 6. The second-order valence-corrected chi connectivity index (χ2v) is 7.60. The quantitative estimate of drug-likeness (QED) is 0.794. The summed E-state index contributed by atoms with van der Waals surface area (Å²) < 4.78 is 1.96. The van der Waals surface area contributed by atoms with Gasteiger partial charge in [-0.25, -0.2) is 15.0 Å². The van der Waals surface area contributed by atoms with E-state index in [1.165, 1.54) is 0 Å². The van der Waals surface area contributed by atoms with Crippen molar-refractivity contribution in [3.8, 4) is 5.82 Å². The van der Waals surface area contributed by atoms with Crippen LogP contribution in [0.5, 0.6) is 0 Å². The Morgan fingerprint density at radius 3 is 2.39 bits per heavy atom. The van der Waals surface area contributed by atoms with Gasteiger partial charge >= 0.3 is 0 Å². The van der Waals surface area contributed by atoms with Gasteiger partial charge in [-0.15, -0.1) is 0 Å². The van der Waals surface area contributed by atoms with Gasteiger partial charge < -0.3 is 14.7 Å². The topological polar surface area (TPSA) is 70.4 Å². The zero-order chi connectivity index (χ0) is 19.5. The Balaban J connectivity index is 1.36. The van der Waals surface area contributed by atoms with E-state index in [1.54, 1.807) is 12.5 Å². The summed E-state index contributed by atoms with van der Waals surface area (Å²) in [4.78, 5) is 32.7. The van der Waals surface area contributed by atoms with Crippen LogP contribution in [-0.4, -0.2) is 81.0 Å². The zero-order valence-corrected chi connectivity index (χ0v) is 16.8. The van der Waals surface area contributed by atoms with Crippen molar-refractivity contribution in [3.05, 3.63) is 30.6 Å². The van der Waals surface area contributed by atoms with Gasteiger partial charge in [0.25, 0.3) is 0 Å². The highest BCUT2D eigenvalue weighted by molar-refractivity contribution is 5.79. The molecule has 2 aliphatic heterocycles. The molecular formula is C20H29N7O. The normalized spacial score (nSPS) is 19.2. The summed E-state index contributed by atoms with van der Waals surface area (Å²) in [5.41, 5.74) is 0. The first-order valence-electron chi connectivity index (χ1n) is 10.2. The van der Waals surface area contributed by atoms with Crippen molar-refractivity contribution < 1.29 is 4.79 Å². The Labute approximate surface area is 166 Å². The van der Waals surface area contributed by atoms with E-state index >= 15 is 0 Å². The lowest BCUT2D eigenvalue weighted by Crippen LogP contribution is -2.51. The smallest absolute Gasteiger partial charge is 0.225 e. The van der Waals surface area contributed by atoms with Gasteiger partial charge in [0.15, 0.2) is 0 Å². The standard InChI is InChI=1S/C20H29N7O/c1-3-24-10-12-26(13-11-24)20(28)17-4-7-25(8-5-17)18-14-19(23-15-22-18)27-9-6-21-16(27)2/h6,9,14-15,17H,3-5,7-8,10-13H2,1-2H3. The van der Waals surface area contributed by atoms with Gasteiger partial charge in [-0.05, 0) is 26.3 Å². The largest absolute Gasteiger partial charge is 0.356 e. The Bertz CT molecular complexity index is 804. The highest BCUT2D eigenvalue weighted by Crippen LogP contribution is 2.24. The third-order valence-corrected chi connectivity index (χ3v) is 6.01. The average Bonchev–Trinajstić information content (AvgIpc) is 3.19.